The first-order chi connectivity index (χ1) is 13.1. The predicted octanol–water partition coefficient (Wildman–Crippen LogP) is 2.60. The maximum atomic E-state index is 12.7. The van der Waals surface area contributed by atoms with Gasteiger partial charge in [-0.3, -0.25) is 4.79 Å². The summed E-state index contributed by atoms with van der Waals surface area (Å²) in [6.45, 7) is 11.0. The van der Waals surface area contributed by atoms with E-state index in [1.807, 2.05) is 34.5 Å². The predicted molar refractivity (Wildman–Crippen MR) is 107 cm³/mol. The summed E-state index contributed by atoms with van der Waals surface area (Å²) in [6, 6.07) is 8.08. The Morgan fingerprint density at radius 3 is 2.59 bits per heavy atom. The summed E-state index contributed by atoms with van der Waals surface area (Å²) in [7, 11) is 0. The van der Waals surface area contributed by atoms with E-state index in [1.165, 1.54) is 0 Å². The normalized spacial score (nSPS) is 15.7. The second-order valence-corrected chi connectivity index (χ2v) is 7.33. The van der Waals surface area contributed by atoms with Gasteiger partial charge < -0.3 is 9.80 Å². The molecule has 0 N–H and O–H groups in total. The maximum Gasteiger partial charge on any atom is 0.222 e. The van der Waals surface area contributed by atoms with Crippen molar-refractivity contribution in [3.05, 3.63) is 41.2 Å². The van der Waals surface area contributed by atoms with Crippen molar-refractivity contribution in [2.24, 2.45) is 0 Å². The minimum Gasteiger partial charge on any atom is -0.340 e. The first kappa shape index (κ1) is 17.9. The molecule has 0 radical (unpaired) electrons. The molecular formula is C21H27N5O. The second kappa shape index (κ2) is 7.27. The standard InChI is InChI=1S/C21H27N5O/c1-4-24-11-13-25(14-12-24)20(27)10-9-17-15(2)22-21-18-7-5-6-8-19(18)23-26(21)16(17)3/h5-8H,4,9-14H2,1-3H3. The third-order valence-electron chi connectivity index (χ3n) is 5.78. The average Bonchev–Trinajstić information content (AvgIpc) is 3.06. The molecule has 4 rings (SSSR count). The van der Waals surface area contributed by atoms with Gasteiger partial charge in [0.2, 0.25) is 5.91 Å². The van der Waals surface area contributed by atoms with E-state index in [-0.39, 0.29) is 5.91 Å². The van der Waals surface area contributed by atoms with E-state index in [1.54, 1.807) is 0 Å². The van der Waals surface area contributed by atoms with Gasteiger partial charge in [0, 0.05) is 49.4 Å². The molecule has 6 nitrogen and oxygen atoms in total. The molecule has 2 aromatic heterocycles. The average molecular weight is 365 g/mol. The zero-order chi connectivity index (χ0) is 19.0. The second-order valence-electron chi connectivity index (χ2n) is 7.33. The Morgan fingerprint density at radius 1 is 1.11 bits per heavy atom. The summed E-state index contributed by atoms with van der Waals surface area (Å²) >= 11 is 0. The zero-order valence-electron chi connectivity index (χ0n) is 16.4. The maximum absolute atomic E-state index is 12.7. The molecule has 1 aliphatic heterocycles. The smallest absolute Gasteiger partial charge is 0.222 e. The van der Waals surface area contributed by atoms with Gasteiger partial charge in [-0.05, 0) is 44.5 Å². The molecule has 0 bridgehead atoms. The van der Waals surface area contributed by atoms with Crippen molar-refractivity contribution in [1.82, 2.24) is 24.4 Å². The number of amides is 1. The van der Waals surface area contributed by atoms with Gasteiger partial charge in [0.25, 0.3) is 0 Å². The van der Waals surface area contributed by atoms with Crippen molar-refractivity contribution in [1.29, 1.82) is 0 Å². The van der Waals surface area contributed by atoms with Gasteiger partial charge >= 0.3 is 0 Å². The highest BCUT2D eigenvalue weighted by atomic mass is 16.2. The van der Waals surface area contributed by atoms with Crippen LogP contribution in [0, 0.1) is 13.8 Å². The number of carbonyl (C=O) groups excluding carboxylic acids is 1. The first-order valence-electron chi connectivity index (χ1n) is 9.82. The number of hydrogen-bond acceptors (Lipinski definition) is 4. The van der Waals surface area contributed by atoms with E-state index in [0.717, 1.165) is 66.2 Å². The van der Waals surface area contributed by atoms with Crippen LogP contribution in [0.25, 0.3) is 16.6 Å². The lowest BCUT2D eigenvalue weighted by molar-refractivity contribution is -0.132. The largest absolute Gasteiger partial charge is 0.340 e. The molecule has 0 atom stereocenters. The van der Waals surface area contributed by atoms with Crippen LogP contribution < -0.4 is 0 Å². The molecular weight excluding hydrogens is 338 g/mol. The number of benzene rings is 1. The highest BCUT2D eigenvalue weighted by molar-refractivity contribution is 5.92. The molecule has 142 valence electrons. The van der Waals surface area contributed by atoms with Gasteiger partial charge in [0.15, 0.2) is 5.65 Å². The number of rotatable bonds is 4. The topological polar surface area (TPSA) is 53.7 Å². The molecule has 1 fully saturated rings. The van der Waals surface area contributed by atoms with Gasteiger partial charge in [0.1, 0.15) is 0 Å². The highest BCUT2D eigenvalue weighted by Crippen LogP contribution is 2.23. The van der Waals surface area contributed by atoms with Crippen molar-refractivity contribution >= 4 is 22.5 Å². The van der Waals surface area contributed by atoms with Crippen molar-refractivity contribution in [3.63, 3.8) is 0 Å². The fourth-order valence-electron chi connectivity index (χ4n) is 4.04. The van der Waals surface area contributed by atoms with Crippen LogP contribution in [-0.4, -0.2) is 63.0 Å². The minimum atomic E-state index is 0.246. The summed E-state index contributed by atoms with van der Waals surface area (Å²) in [5.41, 5.74) is 5.06. The Balaban J connectivity index is 1.54. The van der Waals surface area contributed by atoms with E-state index >= 15 is 0 Å². The third-order valence-corrected chi connectivity index (χ3v) is 5.78. The van der Waals surface area contributed by atoms with Crippen LogP contribution in [0.15, 0.2) is 24.3 Å². The lowest BCUT2D eigenvalue weighted by atomic mass is 10.1. The number of aromatic nitrogens is 3. The summed E-state index contributed by atoms with van der Waals surface area (Å²) in [6.07, 6.45) is 1.24. The molecule has 1 aromatic carbocycles. The summed E-state index contributed by atoms with van der Waals surface area (Å²) in [4.78, 5) is 21.9. The first-order valence-corrected chi connectivity index (χ1v) is 9.82. The number of carbonyl (C=O) groups is 1. The minimum absolute atomic E-state index is 0.246. The monoisotopic (exact) mass is 365 g/mol. The molecule has 6 heteroatoms. The van der Waals surface area contributed by atoms with Crippen molar-refractivity contribution in [2.45, 2.75) is 33.6 Å². The molecule has 27 heavy (non-hydrogen) atoms. The SMILES string of the molecule is CCN1CCN(C(=O)CCc2c(C)nc3c4ccccc4nn3c2C)CC1. The lowest BCUT2D eigenvalue weighted by Crippen LogP contribution is -2.48. The lowest BCUT2D eigenvalue weighted by Gasteiger charge is -2.34. The van der Waals surface area contributed by atoms with E-state index in [9.17, 15) is 4.79 Å². The molecule has 0 aliphatic carbocycles. The summed E-state index contributed by atoms with van der Waals surface area (Å²) < 4.78 is 1.93. The van der Waals surface area contributed by atoms with Crippen molar-refractivity contribution < 1.29 is 4.79 Å². The fraction of sp³-hybridized carbons (Fsp3) is 0.476. The van der Waals surface area contributed by atoms with E-state index in [2.05, 4.69) is 24.8 Å². The third kappa shape index (κ3) is 3.30. The molecule has 1 saturated heterocycles. The fourth-order valence-corrected chi connectivity index (χ4v) is 4.04. The van der Waals surface area contributed by atoms with Gasteiger partial charge in [-0.25, -0.2) is 9.50 Å². The number of nitrogens with zero attached hydrogens (tertiary/aromatic N) is 5. The number of piperazine rings is 1. The molecule has 3 aromatic rings. The van der Waals surface area contributed by atoms with E-state index < -0.39 is 0 Å². The summed E-state index contributed by atoms with van der Waals surface area (Å²) in [5, 5.41) is 5.77. The van der Waals surface area contributed by atoms with Crippen LogP contribution >= 0.6 is 0 Å². The Hall–Kier alpha value is -2.47. The van der Waals surface area contributed by atoms with Crippen molar-refractivity contribution in [3.8, 4) is 0 Å². The van der Waals surface area contributed by atoms with E-state index in [0.29, 0.717) is 12.8 Å². The Morgan fingerprint density at radius 2 is 1.85 bits per heavy atom. The van der Waals surface area contributed by atoms with Gasteiger partial charge in [-0.1, -0.05) is 19.1 Å². The number of aryl methyl sites for hydroxylation is 2. The number of hydrogen-bond donors (Lipinski definition) is 0. The Labute approximate surface area is 159 Å². The molecule has 1 aliphatic rings. The van der Waals surface area contributed by atoms with Crippen LogP contribution in [0.3, 0.4) is 0 Å². The zero-order valence-corrected chi connectivity index (χ0v) is 16.4. The molecule has 0 spiro atoms. The van der Waals surface area contributed by atoms with Crippen LogP contribution in [-0.2, 0) is 11.2 Å². The number of likely N-dealkylation sites (N-methyl/N-ethyl adjacent to an activating group) is 1. The Bertz CT molecular complexity index is 985. The van der Waals surface area contributed by atoms with Crippen LogP contribution in [0.4, 0.5) is 0 Å². The Kier molecular flexibility index (Phi) is 4.83. The molecule has 0 saturated carbocycles. The highest BCUT2D eigenvalue weighted by Gasteiger charge is 2.21. The van der Waals surface area contributed by atoms with Crippen LogP contribution in [0.2, 0.25) is 0 Å². The van der Waals surface area contributed by atoms with Crippen molar-refractivity contribution in [2.75, 3.05) is 32.7 Å². The van der Waals surface area contributed by atoms with Gasteiger partial charge in [-0.15, -0.1) is 0 Å². The summed E-state index contributed by atoms with van der Waals surface area (Å²) in [5.74, 6) is 0.246. The quantitative estimate of drug-likeness (QED) is 0.713. The van der Waals surface area contributed by atoms with Crippen LogP contribution in [0.5, 0.6) is 0 Å². The van der Waals surface area contributed by atoms with Gasteiger partial charge in [-0.2, -0.15) is 5.10 Å². The van der Waals surface area contributed by atoms with Crippen LogP contribution in [0.1, 0.15) is 30.3 Å². The molecule has 1 amide bonds. The van der Waals surface area contributed by atoms with Gasteiger partial charge in [0.05, 0.1) is 5.52 Å². The molecule has 3 heterocycles. The molecule has 0 unspecified atom stereocenters. The number of fused-ring (bicyclic) bond motifs is 3. The van der Waals surface area contributed by atoms with E-state index in [4.69, 9.17) is 10.1 Å².